The molecule has 0 N–H and O–H groups in total. The fraction of sp³-hybridized carbons (Fsp3) is 0. The Morgan fingerprint density at radius 1 is 0.397 bits per heavy atom. The molecule has 0 unspecified atom stereocenters. The quantitative estimate of drug-likeness (QED) is 0.177. The molecule has 12 rings (SSSR count). The van der Waals surface area contributed by atoms with Gasteiger partial charge in [0.2, 0.25) is 5.95 Å². The van der Waals surface area contributed by atoms with Gasteiger partial charge < -0.3 is 4.42 Å². The van der Waals surface area contributed by atoms with Crippen LogP contribution in [-0.4, -0.2) is 14.5 Å². The molecule has 0 spiro atoms. The molecule has 0 aliphatic rings. The number of nitrogens with zero attached hydrogens (tertiary/aromatic N) is 3. The van der Waals surface area contributed by atoms with E-state index in [0.717, 1.165) is 93.9 Å². The average molecular weight is 740 g/mol. The van der Waals surface area contributed by atoms with Gasteiger partial charge in [0.05, 0.1) is 22.2 Å². The molecule has 0 aliphatic heterocycles. The van der Waals surface area contributed by atoms with E-state index in [1.165, 1.54) is 16.2 Å². The number of furan rings is 1. The van der Waals surface area contributed by atoms with Crippen molar-refractivity contribution in [1.82, 2.24) is 14.5 Å². The molecule has 58 heavy (non-hydrogen) atoms. The van der Waals surface area contributed by atoms with E-state index < -0.39 is 0 Å². The van der Waals surface area contributed by atoms with E-state index in [0.29, 0.717) is 5.95 Å². The van der Waals surface area contributed by atoms with Crippen LogP contribution in [0.1, 0.15) is 0 Å². The molecule has 0 aliphatic carbocycles. The summed E-state index contributed by atoms with van der Waals surface area (Å²) in [6.07, 6.45) is 0. The Kier molecular flexibility index (Phi) is 7.20. The highest BCUT2D eigenvalue weighted by Crippen LogP contribution is 2.44. The lowest BCUT2D eigenvalue weighted by Crippen LogP contribution is -2.04. The lowest BCUT2D eigenvalue weighted by Gasteiger charge is -2.15. The Bertz CT molecular complexity index is 3560. The Morgan fingerprint density at radius 2 is 1.02 bits per heavy atom. The molecular weight excluding hydrogens is 707 g/mol. The van der Waals surface area contributed by atoms with Crippen LogP contribution in [0, 0.1) is 0 Å². The maximum Gasteiger partial charge on any atom is 0.235 e. The largest absolute Gasteiger partial charge is 0.455 e. The molecule has 0 saturated carbocycles. The van der Waals surface area contributed by atoms with Crippen LogP contribution in [0.5, 0.6) is 0 Å². The van der Waals surface area contributed by atoms with Crippen LogP contribution in [0.3, 0.4) is 0 Å². The van der Waals surface area contributed by atoms with Crippen LogP contribution in [0.4, 0.5) is 0 Å². The Morgan fingerprint density at radius 3 is 1.84 bits per heavy atom. The zero-order valence-corrected chi connectivity index (χ0v) is 31.3. The fourth-order valence-electron chi connectivity index (χ4n) is 8.97. The lowest BCUT2D eigenvalue weighted by atomic mass is 9.91. The third-order valence-corrected chi connectivity index (χ3v) is 11.6. The number of rotatable bonds is 5. The number of fused-ring (bicyclic) bond motifs is 9. The number of para-hydroxylation sites is 4. The van der Waals surface area contributed by atoms with Crippen molar-refractivity contribution in [1.29, 1.82) is 0 Å². The first-order valence-corrected chi connectivity index (χ1v) is 19.7. The van der Waals surface area contributed by atoms with Crippen LogP contribution in [-0.2, 0) is 0 Å². The first-order valence-electron chi connectivity index (χ1n) is 19.7. The smallest absolute Gasteiger partial charge is 0.235 e. The summed E-state index contributed by atoms with van der Waals surface area (Å²) in [6, 6.07) is 70.9. The molecule has 0 amide bonds. The van der Waals surface area contributed by atoms with Gasteiger partial charge in [0.1, 0.15) is 11.2 Å². The molecule has 270 valence electrons. The molecule has 4 nitrogen and oxygen atoms in total. The number of benzene rings is 9. The molecule has 9 aromatic carbocycles. The molecular formula is C54H33N3O. The van der Waals surface area contributed by atoms with E-state index in [4.69, 9.17) is 14.4 Å². The van der Waals surface area contributed by atoms with Gasteiger partial charge in [-0.15, -0.1) is 0 Å². The SMILES string of the molecule is c1ccc(-c2cc(-c3cccc4c3oc3ccccc34)cc(-c3cccc4c5c6ccccc6ccc5n(-c5nc(-c6ccccc6)c6ccccc6n5)c34)c2)cc1. The average Bonchev–Trinajstić information content (AvgIpc) is 3.85. The van der Waals surface area contributed by atoms with Crippen LogP contribution < -0.4 is 0 Å². The van der Waals surface area contributed by atoms with E-state index in [9.17, 15) is 0 Å². The molecule has 3 aromatic heterocycles. The highest BCUT2D eigenvalue weighted by Gasteiger charge is 2.23. The van der Waals surface area contributed by atoms with Crippen LogP contribution >= 0.6 is 0 Å². The minimum atomic E-state index is 0.631. The Hall–Kier alpha value is -7.82. The molecule has 4 heteroatoms. The number of aromatic nitrogens is 3. The van der Waals surface area contributed by atoms with Crippen molar-refractivity contribution < 1.29 is 4.42 Å². The monoisotopic (exact) mass is 739 g/mol. The lowest BCUT2D eigenvalue weighted by molar-refractivity contribution is 0.670. The minimum Gasteiger partial charge on any atom is -0.455 e. The summed E-state index contributed by atoms with van der Waals surface area (Å²) in [5.41, 5.74) is 13.3. The van der Waals surface area contributed by atoms with Crippen molar-refractivity contribution >= 4 is 65.4 Å². The van der Waals surface area contributed by atoms with Crippen LogP contribution in [0.2, 0.25) is 0 Å². The van der Waals surface area contributed by atoms with Crippen molar-refractivity contribution in [2.45, 2.75) is 0 Å². The van der Waals surface area contributed by atoms with Gasteiger partial charge in [0.15, 0.2) is 0 Å². The standard InChI is InChI=1S/C54H33N3O/c1-3-15-34(16-4-1)37-31-38(33-39(32-37)42-24-14-25-44-43-21-10-12-28-49(43)58-53(42)44)41-23-13-26-46-50-40-20-8-7-17-35(40)29-30-48(50)57(52(41)46)54-55-47-27-11-9-22-45(47)51(56-54)36-18-5-2-6-19-36/h1-33H. The third kappa shape index (κ3) is 5.02. The molecule has 3 heterocycles. The first-order chi connectivity index (χ1) is 28.8. The molecule has 0 saturated heterocycles. The van der Waals surface area contributed by atoms with Gasteiger partial charge in [-0.25, -0.2) is 9.97 Å². The third-order valence-electron chi connectivity index (χ3n) is 11.6. The van der Waals surface area contributed by atoms with Gasteiger partial charge in [0, 0.05) is 43.6 Å². The second kappa shape index (κ2) is 12.9. The van der Waals surface area contributed by atoms with E-state index in [1.54, 1.807) is 0 Å². The maximum atomic E-state index is 6.62. The van der Waals surface area contributed by atoms with Gasteiger partial charge in [-0.05, 0) is 69.4 Å². The minimum absolute atomic E-state index is 0.631. The maximum absolute atomic E-state index is 6.62. The van der Waals surface area contributed by atoms with E-state index in [-0.39, 0.29) is 0 Å². The topological polar surface area (TPSA) is 43.9 Å². The number of hydrogen-bond acceptors (Lipinski definition) is 3. The van der Waals surface area contributed by atoms with Crippen molar-refractivity contribution in [3.8, 4) is 50.6 Å². The van der Waals surface area contributed by atoms with Crippen LogP contribution in [0.15, 0.2) is 205 Å². The summed E-state index contributed by atoms with van der Waals surface area (Å²) in [4.78, 5) is 10.8. The zero-order chi connectivity index (χ0) is 38.2. The molecule has 12 aromatic rings. The van der Waals surface area contributed by atoms with Gasteiger partial charge in [-0.2, -0.15) is 0 Å². The normalized spacial score (nSPS) is 11.8. The summed E-state index contributed by atoms with van der Waals surface area (Å²) in [5, 5.41) is 7.95. The predicted octanol–water partition coefficient (Wildman–Crippen LogP) is 14.4. The van der Waals surface area contributed by atoms with Crippen molar-refractivity contribution in [2.75, 3.05) is 0 Å². The van der Waals surface area contributed by atoms with E-state index in [2.05, 4.69) is 187 Å². The predicted molar refractivity (Wildman–Crippen MR) is 240 cm³/mol. The van der Waals surface area contributed by atoms with Gasteiger partial charge >= 0.3 is 0 Å². The zero-order valence-electron chi connectivity index (χ0n) is 31.3. The fourth-order valence-corrected chi connectivity index (χ4v) is 8.97. The Balaban J connectivity index is 1.20. The van der Waals surface area contributed by atoms with E-state index >= 15 is 0 Å². The summed E-state index contributed by atoms with van der Waals surface area (Å²) in [7, 11) is 0. The molecule has 0 radical (unpaired) electrons. The molecule has 0 atom stereocenters. The summed E-state index contributed by atoms with van der Waals surface area (Å²) in [6.45, 7) is 0. The number of hydrogen-bond donors (Lipinski definition) is 0. The highest BCUT2D eigenvalue weighted by atomic mass is 16.3. The van der Waals surface area contributed by atoms with Crippen molar-refractivity contribution in [2.24, 2.45) is 0 Å². The second-order valence-corrected chi connectivity index (χ2v) is 14.9. The van der Waals surface area contributed by atoms with Crippen LogP contribution in [0.25, 0.3) is 116 Å². The van der Waals surface area contributed by atoms with Gasteiger partial charge in [0.25, 0.3) is 0 Å². The summed E-state index contributed by atoms with van der Waals surface area (Å²) < 4.78 is 8.91. The Labute approximate surface area is 333 Å². The van der Waals surface area contributed by atoms with Gasteiger partial charge in [-0.3, -0.25) is 4.57 Å². The van der Waals surface area contributed by atoms with Gasteiger partial charge in [-0.1, -0.05) is 164 Å². The molecule has 0 bridgehead atoms. The molecule has 0 fully saturated rings. The highest BCUT2D eigenvalue weighted by molar-refractivity contribution is 6.23. The summed E-state index contributed by atoms with van der Waals surface area (Å²) in [5.74, 6) is 0.631. The second-order valence-electron chi connectivity index (χ2n) is 14.9. The summed E-state index contributed by atoms with van der Waals surface area (Å²) >= 11 is 0. The first kappa shape index (κ1) is 32.4. The van der Waals surface area contributed by atoms with Crippen molar-refractivity contribution in [3.05, 3.63) is 200 Å². The van der Waals surface area contributed by atoms with E-state index in [1.807, 2.05) is 18.2 Å². The van der Waals surface area contributed by atoms with Crippen molar-refractivity contribution in [3.63, 3.8) is 0 Å².